The van der Waals surface area contributed by atoms with Crippen LogP contribution < -0.4 is 0 Å². The normalized spacial score (nSPS) is 17.4. The first-order valence-corrected chi connectivity index (χ1v) is 9.36. The van der Waals surface area contributed by atoms with Crippen molar-refractivity contribution >= 4 is 17.2 Å². The number of hydrogen-bond donors (Lipinski definition) is 0. The highest BCUT2D eigenvalue weighted by Crippen LogP contribution is 2.32. The third-order valence-corrected chi connectivity index (χ3v) is 5.64. The molecule has 0 N–H and O–H groups in total. The lowest BCUT2D eigenvalue weighted by Gasteiger charge is -2.14. The molecule has 6 heteroatoms. The molecule has 0 unspecified atom stereocenters. The second-order valence-electron chi connectivity index (χ2n) is 6.30. The molecule has 1 fully saturated rings. The van der Waals surface area contributed by atoms with Crippen molar-refractivity contribution in [3.05, 3.63) is 48.9 Å². The third-order valence-electron chi connectivity index (χ3n) is 4.59. The van der Waals surface area contributed by atoms with Crippen LogP contribution in [0.1, 0.15) is 13.3 Å². The largest absolute Gasteiger partial charge is 0.343 e. The zero-order valence-electron chi connectivity index (χ0n) is 14.1. The predicted molar refractivity (Wildman–Crippen MR) is 99.1 cm³/mol. The second kappa shape index (κ2) is 6.80. The molecule has 0 radical (unpaired) electrons. The fourth-order valence-corrected chi connectivity index (χ4v) is 4.27. The zero-order chi connectivity index (χ0) is 17.2. The van der Waals surface area contributed by atoms with Crippen molar-refractivity contribution in [3.63, 3.8) is 0 Å². The fraction of sp³-hybridized carbons (Fsp3) is 0.316. The average Bonchev–Trinajstić information content (AvgIpc) is 3.35. The standard InChI is InChI=1S/C19H20N4OS/c1-2-22-12-14(10-17(22)24)13-23-9-8-20-18(23)16-11-21-19(25-16)15-6-4-3-5-7-15/h3-9,11,14H,2,10,12-13H2,1H3/t14-/m0/s1. The van der Waals surface area contributed by atoms with Crippen molar-refractivity contribution < 1.29 is 4.79 Å². The summed E-state index contributed by atoms with van der Waals surface area (Å²) in [6.45, 7) is 4.48. The Labute approximate surface area is 151 Å². The van der Waals surface area contributed by atoms with Crippen molar-refractivity contribution in [1.29, 1.82) is 0 Å². The number of hydrogen-bond acceptors (Lipinski definition) is 4. The van der Waals surface area contributed by atoms with E-state index in [9.17, 15) is 4.79 Å². The molecular weight excluding hydrogens is 332 g/mol. The lowest BCUT2D eigenvalue weighted by Crippen LogP contribution is -2.25. The number of thiazole rings is 1. The minimum absolute atomic E-state index is 0.262. The van der Waals surface area contributed by atoms with Gasteiger partial charge in [-0.25, -0.2) is 9.97 Å². The van der Waals surface area contributed by atoms with Crippen molar-refractivity contribution in [2.24, 2.45) is 5.92 Å². The Hall–Kier alpha value is -2.47. The average molecular weight is 352 g/mol. The molecule has 3 heterocycles. The van der Waals surface area contributed by atoms with E-state index in [2.05, 4.69) is 26.7 Å². The summed E-state index contributed by atoms with van der Waals surface area (Å²) in [6, 6.07) is 10.2. The molecule has 1 aliphatic rings. The quantitative estimate of drug-likeness (QED) is 0.706. The molecule has 128 valence electrons. The summed E-state index contributed by atoms with van der Waals surface area (Å²) >= 11 is 1.65. The molecule has 1 aliphatic heterocycles. The molecule has 0 saturated carbocycles. The molecule has 1 aromatic carbocycles. The molecule has 1 atom stereocenters. The predicted octanol–water partition coefficient (Wildman–Crippen LogP) is 3.54. The first kappa shape index (κ1) is 16.0. The van der Waals surface area contributed by atoms with Crippen LogP contribution in [0.15, 0.2) is 48.9 Å². The van der Waals surface area contributed by atoms with Gasteiger partial charge in [-0.05, 0) is 6.92 Å². The van der Waals surface area contributed by atoms with E-state index in [-0.39, 0.29) is 5.91 Å². The van der Waals surface area contributed by atoms with Gasteiger partial charge in [0.2, 0.25) is 5.91 Å². The van der Waals surface area contributed by atoms with Crippen LogP contribution in [-0.2, 0) is 11.3 Å². The van der Waals surface area contributed by atoms with Crippen LogP contribution in [0.4, 0.5) is 0 Å². The second-order valence-corrected chi connectivity index (χ2v) is 7.33. The summed E-state index contributed by atoms with van der Waals surface area (Å²) in [4.78, 5) is 24.0. The fourth-order valence-electron chi connectivity index (χ4n) is 3.33. The van der Waals surface area contributed by atoms with E-state index in [0.717, 1.165) is 40.9 Å². The van der Waals surface area contributed by atoms with Gasteiger partial charge in [-0.15, -0.1) is 11.3 Å². The molecule has 0 aliphatic carbocycles. The van der Waals surface area contributed by atoms with E-state index in [4.69, 9.17) is 0 Å². The van der Waals surface area contributed by atoms with E-state index in [1.807, 2.05) is 48.6 Å². The van der Waals surface area contributed by atoms with Gasteiger partial charge in [0.05, 0.1) is 4.88 Å². The van der Waals surface area contributed by atoms with Crippen LogP contribution in [-0.4, -0.2) is 38.4 Å². The van der Waals surface area contributed by atoms with Crippen LogP contribution >= 0.6 is 11.3 Å². The summed E-state index contributed by atoms with van der Waals surface area (Å²) in [5.74, 6) is 1.54. The van der Waals surface area contributed by atoms with E-state index in [0.29, 0.717) is 12.3 Å². The lowest BCUT2D eigenvalue weighted by atomic mass is 10.1. The maximum atomic E-state index is 12.0. The summed E-state index contributed by atoms with van der Waals surface area (Å²) in [7, 11) is 0. The molecule has 4 rings (SSSR count). The SMILES string of the molecule is CCN1C[C@@H](Cn2ccnc2-c2cnc(-c3ccccc3)s2)CC1=O. The van der Waals surface area contributed by atoms with E-state index in [1.165, 1.54) is 0 Å². The molecular formula is C19H20N4OS. The van der Waals surface area contributed by atoms with Crippen molar-refractivity contribution in [1.82, 2.24) is 19.4 Å². The van der Waals surface area contributed by atoms with Crippen molar-refractivity contribution in [2.45, 2.75) is 19.9 Å². The maximum Gasteiger partial charge on any atom is 0.222 e. The van der Waals surface area contributed by atoms with Gasteiger partial charge in [0.1, 0.15) is 5.01 Å². The highest BCUT2D eigenvalue weighted by atomic mass is 32.1. The highest BCUT2D eigenvalue weighted by molar-refractivity contribution is 7.18. The van der Waals surface area contributed by atoms with Crippen molar-refractivity contribution in [3.8, 4) is 21.3 Å². The van der Waals surface area contributed by atoms with Crippen LogP contribution in [0, 0.1) is 5.92 Å². The number of amides is 1. The molecule has 1 saturated heterocycles. The van der Waals surface area contributed by atoms with Gasteiger partial charge in [0.25, 0.3) is 0 Å². The molecule has 0 spiro atoms. The number of benzene rings is 1. The van der Waals surface area contributed by atoms with Crippen LogP contribution in [0.25, 0.3) is 21.3 Å². The summed E-state index contributed by atoms with van der Waals surface area (Å²) < 4.78 is 2.15. The first-order valence-electron chi connectivity index (χ1n) is 8.55. The smallest absolute Gasteiger partial charge is 0.222 e. The Morgan fingerprint density at radius 3 is 2.84 bits per heavy atom. The van der Waals surface area contributed by atoms with Gasteiger partial charge in [0, 0.05) is 56.1 Å². The maximum absolute atomic E-state index is 12.0. The minimum atomic E-state index is 0.262. The van der Waals surface area contributed by atoms with Gasteiger partial charge in [-0.1, -0.05) is 30.3 Å². The minimum Gasteiger partial charge on any atom is -0.343 e. The molecule has 5 nitrogen and oxygen atoms in total. The highest BCUT2D eigenvalue weighted by Gasteiger charge is 2.29. The first-order chi connectivity index (χ1) is 12.2. The number of nitrogens with zero attached hydrogens (tertiary/aromatic N) is 4. The van der Waals surface area contributed by atoms with Gasteiger partial charge in [-0.2, -0.15) is 0 Å². The van der Waals surface area contributed by atoms with Crippen molar-refractivity contribution in [2.75, 3.05) is 13.1 Å². The van der Waals surface area contributed by atoms with Crippen LogP contribution in [0.3, 0.4) is 0 Å². The summed E-state index contributed by atoms with van der Waals surface area (Å²) in [6.07, 6.45) is 6.34. The van der Waals surface area contributed by atoms with Gasteiger partial charge < -0.3 is 9.47 Å². The summed E-state index contributed by atoms with van der Waals surface area (Å²) in [5.41, 5.74) is 1.12. The number of imidazole rings is 1. The molecule has 25 heavy (non-hydrogen) atoms. The van der Waals surface area contributed by atoms with Gasteiger partial charge in [-0.3, -0.25) is 4.79 Å². The molecule has 3 aromatic rings. The Bertz CT molecular complexity index is 870. The molecule has 0 bridgehead atoms. The Morgan fingerprint density at radius 1 is 1.24 bits per heavy atom. The summed E-state index contributed by atoms with van der Waals surface area (Å²) in [5, 5.41) is 0.998. The number of carbonyl (C=O) groups excluding carboxylic acids is 1. The van der Waals surface area contributed by atoms with E-state index < -0.39 is 0 Å². The number of carbonyl (C=O) groups is 1. The van der Waals surface area contributed by atoms with Gasteiger partial charge in [0.15, 0.2) is 5.82 Å². The Morgan fingerprint density at radius 2 is 2.08 bits per heavy atom. The number of aromatic nitrogens is 3. The number of rotatable bonds is 5. The zero-order valence-corrected chi connectivity index (χ0v) is 14.9. The number of likely N-dealkylation sites (tertiary alicyclic amines) is 1. The van der Waals surface area contributed by atoms with Crippen LogP contribution in [0.5, 0.6) is 0 Å². The topological polar surface area (TPSA) is 51.0 Å². The van der Waals surface area contributed by atoms with Gasteiger partial charge >= 0.3 is 0 Å². The third kappa shape index (κ3) is 3.22. The van der Waals surface area contributed by atoms with E-state index in [1.54, 1.807) is 11.3 Å². The molecule has 2 aromatic heterocycles. The van der Waals surface area contributed by atoms with E-state index >= 15 is 0 Å². The lowest BCUT2D eigenvalue weighted by molar-refractivity contribution is -0.127. The molecule has 1 amide bonds. The Kier molecular flexibility index (Phi) is 4.36. The van der Waals surface area contributed by atoms with Crippen LogP contribution in [0.2, 0.25) is 0 Å². The Balaban J connectivity index is 1.54. The monoisotopic (exact) mass is 352 g/mol.